The van der Waals surface area contributed by atoms with Crippen LogP contribution in [-0.2, 0) is 12.0 Å². The van der Waals surface area contributed by atoms with Crippen LogP contribution in [0.15, 0.2) is 36.5 Å². The second-order valence-corrected chi connectivity index (χ2v) is 5.18. The summed E-state index contributed by atoms with van der Waals surface area (Å²) in [7, 11) is 0. The second kappa shape index (κ2) is 5.33. The number of fused-ring (bicyclic) bond motifs is 1. The van der Waals surface area contributed by atoms with Crippen LogP contribution >= 0.6 is 12.4 Å². The van der Waals surface area contributed by atoms with Crippen LogP contribution in [0.2, 0.25) is 0 Å². The SMILES string of the molecule is C[C@@]1(c2cccc(F)c2)Cc2cc(C(=O)O)cnc2N1.Cl. The van der Waals surface area contributed by atoms with E-state index in [1.807, 2.05) is 13.0 Å². The first kappa shape index (κ1) is 15.3. The maximum Gasteiger partial charge on any atom is 0.337 e. The molecule has 1 aromatic heterocycles. The Kier molecular flexibility index (Phi) is 3.87. The predicted octanol–water partition coefficient (Wildman–Crippen LogP) is 3.22. The van der Waals surface area contributed by atoms with Crippen LogP contribution in [0.1, 0.15) is 28.4 Å². The van der Waals surface area contributed by atoms with Crippen molar-refractivity contribution in [3.05, 3.63) is 59.0 Å². The largest absolute Gasteiger partial charge is 0.478 e. The molecule has 110 valence electrons. The third kappa shape index (κ3) is 2.69. The van der Waals surface area contributed by atoms with Crippen molar-refractivity contribution in [1.82, 2.24) is 4.98 Å². The molecular weight excluding hydrogens is 295 g/mol. The molecule has 0 bridgehead atoms. The number of carboxylic acid groups (broad SMARTS) is 1. The van der Waals surface area contributed by atoms with Gasteiger partial charge in [-0.15, -0.1) is 12.4 Å². The van der Waals surface area contributed by atoms with Gasteiger partial charge in [0.1, 0.15) is 11.6 Å². The van der Waals surface area contributed by atoms with E-state index in [0.717, 1.165) is 11.1 Å². The maximum absolute atomic E-state index is 13.4. The van der Waals surface area contributed by atoms with Crippen LogP contribution < -0.4 is 5.32 Å². The highest BCUT2D eigenvalue weighted by Gasteiger charge is 2.35. The topological polar surface area (TPSA) is 62.2 Å². The molecule has 6 heteroatoms. The Morgan fingerprint density at radius 2 is 2.19 bits per heavy atom. The van der Waals surface area contributed by atoms with Gasteiger partial charge in [-0.05, 0) is 36.2 Å². The summed E-state index contributed by atoms with van der Waals surface area (Å²) in [5.41, 5.74) is 1.33. The Hall–Kier alpha value is -2.14. The lowest BCUT2D eigenvalue weighted by atomic mass is 9.89. The molecule has 2 heterocycles. The number of carboxylic acids is 1. The average Bonchev–Trinajstić information content (AvgIpc) is 2.75. The quantitative estimate of drug-likeness (QED) is 0.894. The molecule has 0 unspecified atom stereocenters. The van der Waals surface area contributed by atoms with Crippen LogP contribution in [0.4, 0.5) is 10.2 Å². The summed E-state index contributed by atoms with van der Waals surface area (Å²) in [6.07, 6.45) is 1.89. The van der Waals surface area contributed by atoms with Gasteiger partial charge in [-0.3, -0.25) is 0 Å². The molecule has 1 atom stereocenters. The highest BCUT2D eigenvalue weighted by molar-refractivity contribution is 5.88. The van der Waals surface area contributed by atoms with Gasteiger partial charge in [-0.2, -0.15) is 0 Å². The number of nitrogens with one attached hydrogen (secondary N) is 1. The first-order valence-corrected chi connectivity index (χ1v) is 6.24. The zero-order valence-corrected chi connectivity index (χ0v) is 12.1. The summed E-state index contributed by atoms with van der Waals surface area (Å²) in [5.74, 6) is -0.637. The van der Waals surface area contributed by atoms with Crippen molar-refractivity contribution < 1.29 is 14.3 Å². The summed E-state index contributed by atoms with van der Waals surface area (Å²) < 4.78 is 13.4. The lowest BCUT2D eigenvalue weighted by Gasteiger charge is -2.25. The molecule has 1 aliphatic heterocycles. The van der Waals surface area contributed by atoms with E-state index in [4.69, 9.17) is 5.11 Å². The van der Waals surface area contributed by atoms with Crippen molar-refractivity contribution in [3.8, 4) is 0 Å². The Morgan fingerprint density at radius 3 is 2.86 bits per heavy atom. The van der Waals surface area contributed by atoms with Crippen molar-refractivity contribution in [1.29, 1.82) is 0 Å². The molecule has 0 fully saturated rings. The van der Waals surface area contributed by atoms with E-state index in [9.17, 15) is 9.18 Å². The van der Waals surface area contributed by atoms with Gasteiger partial charge in [-0.25, -0.2) is 14.2 Å². The normalized spacial score (nSPS) is 19.3. The highest BCUT2D eigenvalue weighted by Crippen LogP contribution is 2.38. The van der Waals surface area contributed by atoms with Crippen molar-refractivity contribution in [2.75, 3.05) is 5.32 Å². The number of nitrogens with zero attached hydrogens (tertiary/aromatic N) is 1. The molecular formula is C15H14ClFN2O2. The van der Waals surface area contributed by atoms with E-state index in [1.54, 1.807) is 12.1 Å². The Bertz CT molecular complexity index is 708. The molecule has 0 spiro atoms. The van der Waals surface area contributed by atoms with Crippen LogP contribution in [0.25, 0.3) is 0 Å². The zero-order valence-electron chi connectivity index (χ0n) is 11.3. The number of anilines is 1. The minimum Gasteiger partial charge on any atom is -0.478 e. The van der Waals surface area contributed by atoms with Gasteiger partial charge >= 0.3 is 5.97 Å². The van der Waals surface area contributed by atoms with Crippen molar-refractivity contribution in [2.24, 2.45) is 0 Å². The van der Waals surface area contributed by atoms with E-state index in [0.29, 0.717) is 12.2 Å². The Labute approximate surface area is 127 Å². The minimum absolute atomic E-state index is 0. The molecule has 21 heavy (non-hydrogen) atoms. The van der Waals surface area contributed by atoms with Gasteiger partial charge in [0.05, 0.1) is 11.1 Å². The van der Waals surface area contributed by atoms with Crippen LogP contribution in [0.3, 0.4) is 0 Å². The number of halogens is 2. The van der Waals surface area contributed by atoms with Gasteiger partial charge in [0, 0.05) is 12.6 Å². The number of aromatic nitrogens is 1. The number of carbonyl (C=O) groups is 1. The summed E-state index contributed by atoms with van der Waals surface area (Å²) in [6.45, 7) is 1.95. The first-order chi connectivity index (χ1) is 9.48. The third-order valence-electron chi connectivity index (χ3n) is 3.61. The Balaban J connectivity index is 0.00000161. The smallest absolute Gasteiger partial charge is 0.337 e. The molecule has 1 aliphatic rings. The van der Waals surface area contributed by atoms with Gasteiger partial charge in [-0.1, -0.05) is 12.1 Å². The fourth-order valence-electron chi connectivity index (χ4n) is 2.57. The van der Waals surface area contributed by atoms with E-state index in [1.165, 1.54) is 18.3 Å². The molecule has 0 saturated carbocycles. The molecule has 4 nitrogen and oxygen atoms in total. The number of aromatic carboxylic acids is 1. The summed E-state index contributed by atoms with van der Waals surface area (Å²) in [5, 5.41) is 12.2. The average molecular weight is 309 g/mol. The number of hydrogen-bond acceptors (Lipinski definition) is 3. The molecule has 1 aromatic carbocycles. The predicted molar refractivity (Wildman–Crippen MR) is 79.5 cm³/mol. The number of benzene rings is 1. The van der Waals surface area contributed by atoms with Crippen LogP contribution in [0, 0.1) is 5.82 Å². The first-order valence-electron chi connectivity index (χ1n) is 6.24. The molecule has 0 saturated heterocycles. The van der Waals surface area contributed by atoms with Crippen molar-refractivity contribution in [2.45, 2.75) is 18.9 Å². The number of hydrogen-bond donors (Lipinski definition) is 2. The van der Waals surface area contributed by atoms with Gasteiger partial charge < -0.3 is 10.4 Å². The maximum atomic E-state index is 13.4. The van der Waals surface area contributed by atoms with Gasteiger partial charge in [0.15, 0.2) is 0 Å². The van der Waals surface area contributed by atoms with E-state index in [-0.39, 0.29) is 23.8 Å². The molecule has 0 radical (unpaired) electrons. The standard InChI is InChI=1S/C15H13FN2O2.ClH/c1-15(11-3-2-4-12(16)6-11)7-9-5-10(14(19)20)8-17-13(9)18-15;/h2-6,8H,7H2,1H3,(H,17,18)(H,19,20);1H/t15-;/m0./s1. The molecule has 0 amide bonds. The number of pyridine rings is 1. The van der Waals surface area contributed by atoms with Crippen LogP contribution in [0.5, 0.6) is 0 Å². The number of rotatable bonds is 2. The summed E-state index contributed by atoms with van der Waals surface area (Å²) >= 11 is 0. The van der Waals surface area contributed by atoms with E-state index >= 15 is 0 Å². The third-order valence-corrected chi connectivity index (χ3v) is 3.61. The van der Waals surface area contributed by atoms with E-state index < -0.39 is 11.5 Å². The molecule has 2 aromatic rings. The van der Waals surface area contributed by atoms with E-state index in [2.05, 4.69) is 10.3 Å². The second-order valence-electron chi connectivity index (χ2n) is 5.18. The lowest BCUT2D eigenvalue weighted by Crippen LogP contribution is -2.29. The summed E-state index contributed by atoms with van der Waals surface area (Å²) in [6, 6.07) is 8.01. The minimum atomic E-state index is -1.00. The monoisotopic (exact) mass is 308 g/mol. The molecule has 3 rings (SSSR count). The lowest BCUT2D eigenvalue weighted by molar-refractivity contribution is 0.0696. The van der Waals surface area contributed by atoms with Gasteiger partial charge in [0.25, 0.3) is 0 Å². The summed E-state index contributed by atoms with van der Waals surface area (Å²) in [4.78, 5) is 15.1. The fraction of sp³-hybridized carbons (Fsp3) is 0.200. The molecule has 0 aliphatic carbocycles. The highest BCUT2D eigenvalue weighted by atomic mass is 35.5. The van der Waals surface area contributed by atoms with Crippen molar-refractivity contribution in [3.63, 3.8) is 0 Å². The molecule has 2 N–H and O–H groups in total. The van der Waals surface area contributed by atoms with Gasteiger partial charge in [0.2, 0.25) is 0 Å². The fourth-order valence-corrected chi connectivity index (χ4v) is 2.57. The van der Waals surface area contributed by atoms with Crippen molar-refractivity contribution >= 4 is 24.2 Å². The zero-order chi connectivity index (χ0) is 14.3. The van der Waals surface area contributed by atoms with Crippen LogP contribution in [-0.4, -0.2) is 16.1 Å². The Morgan fingerprint density at radius 1 is 1.43 bits per heavy atom.